The number of fused-ring (bicyclic) bond motifs is 2. The van der Waals surface area contributed by atoms with Gasteiger partial charge in [0.2, 0.25) is 13.1 Å². The highest BCUT2D eigenvalue weighted by Crippen LogP contribution is 2.51. The standard InChI is InChI=1S/C27H21O4P/c1-18-30-23-14-8-13-21(26(23)31-18)25-24(16-15-22-27(25)29-17-28-22)32(19-9-4-2-5-10-19)20-11-6-3-7-12-20/h2-16,18H,17H2,1H3. The van der Waals surface area contributed by atoms with Gasteiger partial charge in [0.25, 0.3) is 0 Å². The van der Waals surface area contributed by atoms with Crippen molar-refractivity contribution in [2.24, 2.45) is 0 Å². The van der Waals surface area contributed by atoms with E-state index >= 15 is 0 Å². The quantitative estimate of drug-likeness (QED) is 0.421. The van der Waals surface area contributed by atoms with Gasteiger partial charge in [-0.15, -0.1) is 0 Å². The Kier molecular flexibility index (Phi) is 4.74. The van der Waals surface area contributed by atoms with Gasteiger partial charge in [0.1, 0.15) is 0 Å². The van der Waals surface area contributed by atoms with Crippen molar-refractivity contribution in [1.29, 1.82) is 0 Å². The SMILES string of the molecule is CC1Oc2cccc(-c3c(P(c4ccccc4)c4ccccc4)ccc4c3OCO4)c2O1. The van der Waals surface area contributed by atoms with E-state index in [1.54, 1.807) is 0 Å². The molecule has 0 saturated heterocycles. The van der Waals surface area contributed by atoms with E-state index in [9.17, 15) is 0 Å². The molecule has 0 fully saturated rings. The third-order valence-electron chi connectivity index (χ3n) is 5.61. The smallest absolute Gasteiger partial charge is 0.238 e. The van der Waals surface area contributed by atoms with Crippen LogP contribution in [0.15, 0.2) is 91.0 Å². The lowest BCUT2D eigenvalue weighted by atomic mass is 10.0. The molecule has 2 heterocycles. The Morgan fingerprint density at radius 3 is 2.09 bits per heavy atom. The van der Waals surface area contributed by atoms with Gasteiger partial charge in [0, 0.05) is 18.1 Å². The van der Waals surface area contributed by atoms with Crippen LogP contribution in [0.5, 0.6) is 23.0 Å². The van der Waals surface area contributed by atoms with Crippen LogP contribution in [0.1, 0.15) is 6.92 Å². The lowest BCUT2D eigenvalue weighted by molar-refractivity contribution is 0.0681. The summed E-state index contributed by atoms with van der Waals surface area (Å²) >= 11 is 0. The fraction of sp³-hybridized carbons (Fsp3) is 0.111. The molecule has 0 bridgehead atoms. The fourth-order valence-electron chi connectivity index (χ4n) is 4.29. The molecule has 0 saturated carbocycles. The molecule has 4 nitrogen and oxygen atoms in total. The zero-order valence-corrected chi connectivity index (χ0v) is 18.4. The predicted molar refractivity (Wildman–Crippen MR) is 127 cm³/mol. The van der Waals surface area contributed by atoms with Gasteiger partial charge < -0.3 is 18.9 Å². The van der Waals surface area contributed by atoms with Crippen molar-refractivity contribution < 1.29 is 18.9 Å². The highest BCUT2D eigenvalue weighted by atomic mass is 31.1. The summed E-state index contributed by atoms with van der Waals surface area (Å²) in [5, 5.41) is 3.73. The normalized spacial score (nSPS) is 15.9. The second-order valence-corrected chi connectivity index (χ2v) is 9.82. The average molecular weight is 440 g/mol. The molecule has 32 heavy (non-hydrogen) atoms. The Balaban J connectivity index is 1.64. The third kappa shape index (κ3) is 3.19. The number of rotatable bonds is 4. The molecule has 158 valence electrons. The third-order valence-corrected chi connectivity index (χ3v) is 8.10. The van der Waals surface area contributed by atoms with E-state index in [-0.39, 0.29) is 13.1 Å². The molecule has 0 radical (unpaired) electrons. The number of ether oxygens (including phenoxy) is 4. The topological polar surface area (TPSA) is 36.9 Å². The Morgan fingerprint density at radius 2 is 1.38 bits per heavy atom. The highest BCUT2D eigenvalue weighted by molar-refractivity contribution is 7.80. The molecule has 0 amide bonds. The van der Waals surface area contributed by atoms with Crippen LogP contribution in [0.2, 0.25) is 0 Å². The molecule has 1 unspecified atom stereocenters. The molecule has 4 aromatic carbocycles. The first-order valence-electron chi connectivity index (χ1n) is 10.6. The summed E-state index contributed by atoms with van der Waals surface area (Å²) in [7, 11) is -0.847. The van der Waals surface area contributed by atoms with E-state index in [0.717, 1.165) is 34.1 Å². The molecule has 0 aromatic heterocycles. The summed E-state index contributed by atoms with van der Waals surface area (Å²) in [6.07, 6.45) is -0.326. The van der Waals surface area contributed by atoms with E-state index in [0.29, 0.717) is 0 Å². The predicted octanol–water partition coefficient (Wildman–Crippen LogP) is 4.96. The van der Waals surface area contributed by atoms with Crippen LogP contribution in [0, 0.1) is 0 Å². The minimum absolute atomic E-state index is 0.211. The van der Waals surface area contributed by atoms with Gasteiger partial charge in [-0.2, -0.15) is 0 Å². The zero-order valence-electron chi connectivity index (χ0n) is 17.5. The van der Waals surface area contributed by atoms with Crippen LogP contribution >= 0.6 is 7.92 Å². The van der Waals surface area contributed by atoms with Crippen LogP contribution in [-0.4, -0.2) is 13.1 Å². The fourth-order valence-corrected chi connectivity index (χ4v) is 6.75. The van der Waals surface area contributed by atoms with E-state index in [1.165, 1.54) is 15.9 Å². The number of hydrogen-bond donors (Lipinski definition) is 0. The first kappa shape index (κ1) is 19.2. The molecule has 2 aliphatic rings. The molecule has 0 N–H and O–H groups in total. The van der Waals surface area contributed by atoms with Gasteiger partial charge in [-0.1, -0.05) is 72.8 Å². The van der Waals surface area contributed by atoms with E-state index < -0.39 is 7.92 Å². The molecular weight excluding hydrogens is 419 g/mol. The Labute approximate surface area is 188 Å². The zero-order chi connectivity index (χ0) is 21.5. The van der Waals surface area contributed by atoms with Gasteiger partial charge in [0.05, 0.1) is 0 Å². The van der Waals surface area contributed by atoms with Gasteiger partial charge in [0.15, 0.2) is 23.0 Å². The van der Waals surface area contributed by atoms with E-state index in [2.05, 4.69) is 72.8 Å². The molecule has 1 atom stereocenters. The van der Waals surface area contributed by atoms with Gasteiger partial charge in [-0.05, 0) is 42.0 Å². The highest BCUT2D eigenvalue weighted by Gasteiger charge is 2.32. The second-order valence-electron chi connectivity index (χ2n) is 7.64. The van der Waals surface area contributed by atoms with Crippen molar-refractivity contribution in [1.82, 2.24) is 0 Å². The van der Waals surface area contributed by atoms with Crippen molar-refractivity contribution in [3.8, 4) is 34.1 Å². The minimum atomic E-state index is -0.847. The van der Waals surface area contributed by atoms with Gasteiger partial charge in [-0.25, -0.2) is 0 Å². The Hall–Kier alpha value is -3.49. The Bertz CT molecular complexity index is 1230. The van der Waals surface area contributed by atoms with Crippen molar-refractivity contribution >= 4 is 23.8 Å². The summed E-state index contributed by atoms with van der Waals surface area (Å²) in [6.45, 7) is 2.11. The van der Waals surface area contributed by atoms with Crippen LogP contribution in [0.3, 0.4) is 0 Å². The van der Waals surface area contributed by atoms with Crippen molar-refractivity contribution in [3.05, 3.63) is 91.0 Å². The molecule has 4 aromatic rings. The largest absolute Gasteiger partial charge is 0.454 e. The first-order valence-corrected chi connectivity index (χ1v) is 11.9. The summed E-state index contributed by atoms with van der Waals surface area (Å²) in [4.78, 5) is 0. The minimum Gasteiger partial charge on any atom is -0.454 e. The van der Waals surface area contributed by atoms with Gasteiger partial charge >= 0.3 is 0 Å². The van der Waals surface area contributed by atoms with Crippen molar-refractivity contribution in [2.75, 3.05) is 6.79 Å². The van der Waals surface area contributed by atoms with Crippen LogP contribution in [0.4, 0.5) is 0 Å². The van der Waals surface area contributed by atoms with Crippen LogP contribution in [0.25, 0.3) is 11.1 Å². The first-order chi connectivity index (χ1) is 15.8. The van der Waals surface area contributed by atoms with E-state index in [4.69, 9.17) is 18.9 Å². The summed E-state index contributed by atoms with van der Waals surface area (Å²) < 4.78 is 23.7. The summed E-state index contributed by atoms with van der Waals surface area (Å²) in [5.41, 5.74) is 1.97. The number of hydrogen-bond acceptors (Lipinski definition) is 4. The molecule has 0 aliphatic carbocycles. The Morgan fingerprint density at radius 1 is 0.656 bits per heavy atom. The van der Waals surface area contributed by atoms with Crippen LogP contribution < -0.4 is 34.9 Å². The van der Waals surface area contributed by atoms with Crippen LogP contribution in [-0.2, 0) is 0 Å². The molecular formula is C27H21O4P. The molecule has 2 aliphatic heterocycles. The summed E-state index contributed by atoms with van der Waals surface area (Å²) in [6, 6.07) is 31.5. The molecule has 5 heteroatoms. The second kappa shape index (κ2) is 7.89. The maximum Gasteiger partial charge on any atom is 0.238 e. The molecule has 6 rings (SSSR count). The average Bonchev–Trinajstić information content (AvgIpc) is 3.46. The van der Waals surface area contributed by atoms with Gasteiger partial charge in [-0.3, -0.25) is 0 Å². The maximum absolute atomic E-state index is 6.09. The molecule has 0 spiro atoms. The lowest BCUT2D eigenvalue weighted by Gasteiger charge is -2.23. The number of benzene rings is 4. The summed E-state index contributed by atoms with van der Waals surface area (Å²) in [5.74, 6) is 3.02. The monoisotopic (exact) mass is 440 g/mol. The lowest BCUT2D eigenvalue weighted by Crippen LogP contribution is -2.22. The van der Waals surface area contributed by atoms with Crippen molar-refractivity contribution in [3.63, 3.8) is 0 Å². The maximum atomic E-state index is 6.09. The number of para-hydroxylation sites is 1. The van der Waals surface area contributed by atoms with E-state index in [1.807, 2.05) is 25.1 Å². The van der Waals surface area contributed by atoms with Crippen molar-refractivity contribution in [2.45, 2.75) is 13.2 Å².